The molecule has 4 nitrogen and oxygen atoms in total. The number of rotatable bonds is 9. The molecule has 0 amide bonds. The van der Waals surface area contributed by atoms with Crippen molar-refractivity contribution in [2.75, 3.05) is 0 Å². The van der Waals surface area contributed by atoms with E-state index in [-0.39, 0.29) is 17.9 Å². The van der Waals surface area contributed by atoms with Gasteiger partial charge in [0.2, 0.25) is 0 Å². The summed E-state index contributed by atoms with van der Waals surface area (Å²) in [6.45, 7) is 29.9. The van der Waals surface area contributed by atoms with E-state index in [1.807, 2.05) is 27.7 Å². The van der Waals surface area contributed by atoms with Crippen molar-refractivity contribution in [3.05, 3.63) is 38.0 Å². The van der Waals surface area contributed by atoms with Crippen molar-refractivity contribution in [2.45, 2.75) is 158 Å². The van der Waals surface area contributed by atoms with Crippen LogP contribution in [0.15, 0.2) is 38.0 Å². The summed E-state index contributed by atoms with van der Waals surface area (Å²) in [6, 6.07) is 0. The second kappa shape index (κ2) is 30.6. The molecule has 2 rings (SSSR count). The highest BCUT2D eigenvalue weighted by molar-refractivity contribution is 5.67. The van der Waals surface area contributed by atoms with Crippen molar-refractivity contribution in [1.29, 1.82) is 0 Å². The second-order valence-electron chi connectivity index (χ2n) is 11.5. The smallest absolute Gasteiger partial charge is 0.305 e. The van der Waals surface area contributed by atoms with Crippen LogP contribution in [0.5, 0.6) is 0 Å². The van der Waals surface area contributed by atoms with E-state index in [1.165, 1.54) is 44.9 Å². The Kier molecular flexibility index (Phi) is 34.8. The molecule has 0 aromatic rings. The molecule has 0 saturated heterocycles. The molecule has 1 fully saturated rings. The lowest BCUT2D eigenvalue weighted by Gasteiger charge is -2.38. The van der Waals surface area contributed by atoms with Gasteiger partial charge >= 0.3 is 5.97 Å². The molecule has 240 valence electrons. The fourth-order valence-corrected chi connectivity index (χ4v) is 4.82. The van der Waals surface area contributed by atoms with Gasteiger partial charge in [-0.15, -0.1) is 19.7 Å². The first-order valence-corrected chi connectivity index (χ1v) is 16.2. The highest BCUT2D eigenvalue weighted by Crippen LogP contribution is 2.44. The Labute approximate surface area is 251 Å². The third-order valence-electron chi connectivity index (χ3n) is 7.79. The molecule has 2 aliphatic carbocycles. The van der Waals surface area contributed by atoms with Crippen LogP contribution in [0.3, 0.4) is 0 Å². The molecule has 0 aromatic heterocycles. The predicted molar refractivity (Wildman–Crippen MR) is 179 cm³/mol. The van der Waals surface area contributed by atoms with Crippen molar-refractivity contribution >= 4 is 5.97 Å². The monoisotopic (exact) mass is 569 g/mol. The minimum absolute atomic E-state index is 0.0972. The van der Waals surface area contributed by atoms with E-state index < -0.39 is 12.1 Å². The van der Waals surface area contributed by atoms with Gasteiger partial charge in [0.05, 0.1) is 18.6 Å². The Hall–Kier alpha value is -1.39. The molecule has 6 atom stereocenters. The molecule has 0 aromatic carbocycles. The first-order chi connectivity index (χ1) is 18.9. The standard InChI is InChI=1S/C19H32O3.C7H16O.C3H8.C3H6.C2H6.C2H4/c1-14-11-12-15-7-3-2-4-10-18(15)17(14)9-6-5-8-16(20)13-19(21)22;1-5-7(3,4)6(2)8;2*1-3-2;2*1-2/h11-12,14-18,20H,2-10,13H2,1H3,(H,21,22);6,8H,5H2,1-4H3;3H2,1-2H3;3H,1H2,2H3;1-2H3;1-2H2. The van der Waals surface area contributed by atoms with Gasteiger partial charge in [0, 0.05) is 0 Å². The fourth-order valence-electron chi connectivity index (χ4n) is 4.82. The summed E-state index contributed by atoms with van der Waals surface area (Å²) in [4.78, 5) is 10.6. The van der Waals surface area contributed by atoms with Gasteiger partial charge in [0.1, 0.15) is 0 Å². The lowest BCUT2D eigenvalue weighted by atomic mass is 9.67. The van der Waals surface area contributed by atoms with E-state index in [9.17, 15) is 9.90 Å². The van der Waals surface area contributed by atoms with Crippen LogP contribution in [-0.2, 0) is 4.79 Å². The summed E-state index contributed by atoms with van der Waals surface area (Å²) < 4.78 is 0. The molecule has 6 unspecified atom stereocenters. The number of carbonyl (C=O) groups is 1. The SMILES string of the molecule is C=C.C=CC.CC.CC1C=CC2CCCCCC2C1CCCCC(O)CC(=O)O.CCC.CCC(C)(C)C(C)O. The van der Waals surface area contributed by atoms with Crippen molar-refractivity contribution in [3.63, 3.8) is 0 Å². The van der Waals surface area contributed by atoms with Crippen LogP contribution in [0.25, 0.3) is 0 Å². The third-order valence-corrected chi connectivity index (χ3v) is 7.79. The maximum atomic E-state index is 10.6. The zero-order valence-corrected chi connectivity index (χ0v) is 28.6. The lowest BCUT2D eigenvalue weighted by molar-refractivity contribution is -0.139. The number of aliphatic hydroxyl groups excluding tert-OH is 2. The predicted octanol–water partition coefficient (Wildman–Crippen LogP) is 10.6. The number of allylic oxidation sites excluding steroid dienone is 3. The molecule has 0 bridgehead atoms. The number of fused-ring (bicyclic) bond motifs is 1. The molecular weight excluding hydrogens is 496 g/mol. The van der Waals surface area contributed by atoms with Gasteiger partial charge in [-0.2, -0.15) is 0 Å². The Morgan fingerprint density at radius 1 is 1.02 bits per heavy atom. The lowest BCUT2D eigenvalue weighted by Crippen LogP contribution is -2.29. The number of aliphatic carboxylic acids is 1. The number of hydrogen-bond donors (Lipinski definition) is 3. The largest absolute Gasteiger partial charge is 0.481 e. The summed E-state index contributed by atoms with van der Waals surface area (Å²) in [5.74, 6) is 2.19. The minimum Gasteiger partial charge on any atom is -0.481 e. The first kappa shape index (κ1) is 45.6. The topological polar surface area (TPSA) is 77.8 Å². The third kappa shape index (κ3) is 24.4. The number of carboxylic acids is 1. The maximum Gasteiger partial charge on any atom is 0.305 e. The molecule has 0 aliphatic heterocycles. The minimum atomic E-state index is -0.903. The molecule has 0 heterocycles. The molecule has 0 spiro atoms. The average Bonchev–Trinajstić information content (AvgIpc) is 3.16. The zero-order valence-electron chi connectivity index (χ0n) is 28.6. The molecule has 40 heavy (non-hydrogen) atoms. The van der Waals surface area contributed by atoms with Gasteiger partial charge < -0.3 is 15.3 Å². The van der Waals surface area contributed by atoms with Crippen LogP contribution in [-0.4, -0.2) is 33.5 Å². The Bertz CT molecular complexity index is 581. The van der Waals surface area contributed by atoms with E-state index in [4.69, 9.17) is 10.2 Å². The molecule has 2 aliphatic rings. The summed E-state index contributed by atoms with van der Waals surface area (Å²) in [7, 11) is 0. The van der Waals surface area contributed by atoms with E-state index in [0.717, 1.165) is 37.0 Å². The number of hydrogen-bond acceptors (Lipinski definition) is 3. The highest BCUT2D eigenvalue weighted by Gasteiger charge is 2.34. The Morgan fingerprint density at radius 3 is 1.95 bits per heavy atom. The van der Waals surface area contributed by atoms with E-state index in [2.05, 4.69) is 73.4 Å². The molecular formula is C36H72O4. The average molecular weight is 569 g/mol. The fraction of sp³-hybridized carbons (Fsp3) is 0.806. The van der Waals surface area contributed by atoms with E-state index in [1.54, 1.807) is 6.08 Å². The van der Waals surface area contributed by atoms with Crippen molar-refractivity contribution in [1.82, 2.24) is 0 Å². The van der Waals surface area contributed by atoms with Crippen LogP contribution in [0, 0.1) is 29.1 Å². The number of carboxylic acid groups (broad SMARTS) is 1. The summed E-state index contributed by atoms with van der Waals surface area (Å²) in [5, 5.41) is 27.4. The van der Waals surface area contributed by atoms with E-state index in [0.29, 0.717) is 12.3 Å². The first-order valence-electron chi connectivity index (χ1n) is 16.2. The Balaban J connectivity index is -0.000000298. The van der Waals surface area contributed by atoms with Gasteiger partial charge in [-0.05, 0) is 75.0 Å². The van der Waals surface area contributed by atoms with E-state index >= 15 is 0 Å². The van der Waals surface area contributed by atoms with Gasteiger partial charge in [-0.25, -0.2) is 0 Å². The normalized spacial score (nSPS) is 22.4. The van der Waals surface area contributed by atoms with Gasteiger partial charge in [0.25, 0.3) is 0 Å². The Morgan fingerprint density at radius 2 is 1.52 bits per heavy atom. The summed E-state index contributed by atoms with van der Waals surface area (Å²) in [6.07, 6.45) is 18.8. The van der Waals surface area contributed by atoms with Crippen molar-refractivity contribution in [2.24, 2.45) is 29.1 Å². The quantitative estimate of drug-likeness (QED) is 0.191. The van der Waals surface area contributed by atoms with Gasteiger partial charge in [-0.1, -0.05) is 112 Å². The highest BCUT2D eigenvalue weighted by atomic mass is 16.4. The molecule has 0 radical (unpaired) electrons. The number of unbranched alkanes of at least 4 members (excludes halogenated alkanes) is 1. The van der Waals surface area contributed by atoms with Crippen LogP contribution in [0.4, 0.5) is 0 Å². The van der Waals surface area contributed by atoms with Gasteiger partial charge in [-0.3, -0.25) is 4.79 Å². The zero-order chi connectivity index (χ0) is 32.1. The molecule has 1 saturated carbocycles. The molecule has 4 heteroatoms. The van der Waals surface area contributed by atoms with Crippen molar-refractivity contribution < 1.29 is 20.1 Å². The van der Waals surface area contributed by atoms with Crippen LogP contribution in [0.1, 0.15) is 146 Å². The summed E-state index contributed by atoms with van der Waals surface area (Å²) >= 11 is 0. The summed E-state index contributed by atoms with van der Waals surface area (Å²) in [5.41, 5.74) is 0.0972. The van der Waals surface area contributed by atoms with Crippen molar-refractivity contribution in [3.8, 4) is 0 Å². The van der Waals surface area contributed by atoms with Crippen LogP contribution >= 0.6 is 0 Å². The van der Waals surface area contributed by atoms with Crippen LogP contribution < -0.4 is 0 Å². The maximum absolute atomic E-state index is 10.6. The van der Waals surface area contributed by atoms with Gasteiger partial charge in [0.15, 0.2) is 0 Å². The van der Waals surface area contributed by atoms with Crippen LogP contribution in [0.2, 0.25) is 0 Å². The second-order valence-corrected chi connectivity index (χ2v) is 11.5. The molecule has 3 N–H and O–H groups in total. The number of aliphatic hydroxyl groups is 2.